The van der Waals surface area contributed by atoms with Crippen molar-refractivity contribution < 1.29 is 24.0 Å². The number of hydrogen-bond acceptors (Lipinski definition) is 7. The summed E-state index contributed by atoms with van der Waals surface area (Å²) in [6.45, 7) is 6.63. The number of amides is 4. The second-order valence-corrected chi connectivity index (χ2v) is 8.75. The summed E-state index contributed by atoms with van der Waals surface area (Å²) in [5, 5.41) is 9.23. The topological polar surface area (TPSA) is 131 Å². The van der Waals surface area contributed by atoms with Crippen molar-refractivity contribution in [1.29, 1.82) is 0 Å². The van der Waals surface area contributed by atoms with E-state index in [4.69, 9.17) is 0 Å². The maximum atomic E-state index is 12.5. The van der Waals surface area contributed by atoms with E-state index >= 15 is 0 Å². The number of nitrogens with zero attached hydrogens (tertiary/aromatic N) is 3. The lowest BCUT2D eigenvalue weighted by atomic mass is 10.0. The Labute approximate surface area is 219 Å². The molecule has 0 aromatic heterocycles. The third-order valence-corrected chi connectivity index (χ3v) is 5.80. The van der Waals surface area contributed by atoms with Crippen LogP contribution in [0.2, 0.25) is 19.0 Å². The fourth-order valence-corrected chi connectivity index (χ4v) is 3.66. The lowest BCUT2D eigenvalue weighted by molar-refractivity contribution is -0.134. The Bertz CT molecular complexity index is 716. The summed E-state index contributed by atoms with van der Waals surface area (Å²) in [6, 6.07) is 0.0770. The number of carbonyl (C=O) groups excluding carboxylic acids is 5. The van der Waals surface area contributed by atoms with Crippen LogP contribution < -0.4 is 16.0 Å². The van der Waals surface area contributed by atoms with E-state index in [1.165, 1.54) is 16.7 Å². The minimum atomic E-state index is -0.317. The molecule has 202 valence electrons. The molecule has 0 aliphatic heterocycles. The predicted octanol–water partition coefficient (Wildman–Crippen LogP) is -4.08. The molecule has 0 saturated carbocycles. The van der Waals surface area contributed by atoms with Crippen LogP contribution >= 0.6 is 0 Å². The summed E-state index contributed by atoms with van der Waals surface area (Å²) >= 11 is 0. The van der Waals surface area contributed by atoms with Crippen LogP contribution in [0.25, 0.3) is 0 Å². The number of likely N-dealkylation sites (N-methyl/N-ethyl adjacent to an activating group) is 1. The van der Waals surface area contributed by atoms with Gasteiger partial charge in [0.2, 0.25) is 23.6 Å². The quantitative estimate of drug-likeness (QED) is 0.143. The highest BCUT2D eigenvalue weighted by molar-refractivity contribution is 6.20. The normalized spacial score (nSPS) is 11.4. The molecule has 4 amide bonds. The van der Waals surface area contributed by atoms with Crippen LogP contribution in [0, 0.1) is 0 Å². The zero-order valence-electron chi connectivity index (χ0n) is 23.2. The van der Waals surface area contributed by atoms with Crippen molar-refractivity contribution in [3.8, 4) is 0 Å². The van der Waals surface area contributed by atoms with Crippen molar-refractivity contribution in [2.24, 2.45) is 0 Å². The van der Waals surface area contributed by atoms with E-state index < -0.39 is 0 Å². The Kier molecular flexibility index (Phi) is 18.5. The maximum Gasteiger partial charge on any atom is 0.239 e. The van der Waals surface area contributed by atoms with Gasteiger partial charge in [0.25, 0.3) is 0 Å². The fourth-order valence-electron chi connectivity index (χ4n) is 3.66. The van der Waals surface area contributed by atoms with E-state index in [0.29, 0.717) is 32.5 Å². The van der Waals surface area contributed by atoms with Crippen molar-refractivity contribution in [2.75, 3.05) is 66.0 Å². The monoisotopic (exact) mass is 506 g/mol. The van der Waals surface area contributed by atoms with Gasteiger partial charge in [-0.25, -0.2) is 0 Å². The maximum absolute atomic E-state index is 12.5. The number of nitrogens with one attached hydrogen (secondary N) is 3. The first-order chi connectivity index (χ1) is 17.1. The molecular formula is C22H45B3N6O5. The standard InChI is InChI=1S/C22H45B3N6O5/c1-4-18(15-30(8-5-26-3)21(35)12-24)27-6-9-31(22(36)13-25)16-19(33)28-7-10-29(14-17(2)32)20(34)11-23/h18,26-27H,4-16,23-25H2,1-3H3,(H,28,33). The van der Waals surface area contributed by atoms with Gasteiger partial charge in [0.15, 0.2) is 0 Å². The van der Waals surface area contributed by atoms with E-state index in [1.54, 1.807) is 15.7 Å². The van der Waals surface area contributed by atoms with Gasteiger partial charge in [0.1, 0.15) is 29.3 Å². The predicted molar refractivity (Wildman–Crippen MR) is 149 cm³/mol. The molecule has 11 nitrogen and oxygen atoms in total. The van der Waals surface area contributed by atoms with Crippen molar-refractivity contribution in [2.45, 2.75) is 45.3 Å². The van der Waals surface area contributed by atoms with Gasteiger partial charge in [0, 0.05) is 51.9 Å². The van der Waals surface area contributed by atoms with Gasteiger partial charge in [-0.3, -0.25) is 24.0 Å². The van der Waals surface area contributed by atoms with Gasteiger partial charge in [-0.05, 0) is 39.4 Å². The second-order valence-electron chi connectivity index (χ2n) is 8.75. The van der Waals surface area contributed by atoms with Gasteiger partial charge < -0.3 is 30.7 Å². The highest BCUT2D eigenvalue weighted by atomic mass is 16.2. The highest BCUT2D eigenvalue weighted by Crippen LogP contribution is 2.01. The zero-order valence-corrected chi connectivity index (χ0v) is 23.2. The number of rotatable bonds is 20. The van der Waals surface area contributed by atoms with Gasteiger partial charge in [-0.15, -0.1) is 0 Å². The van der Waals surface area contributed by atoms with E-state index in [1.807, 2.05) is 26.7 Å². The van der Waals surface area contributed by atoms with Gasteiger partial charge in [-0.2, -0.15) is 0 Å². The summed E-state index contributed by atoms with van der Waals surface area (Å²) in [5.41, 5.74) is 0. The number of hydrogen-bond donors (Lipinski definition) is 3. The molecule has 0 saturated heterocycles. The number of ketones is 1. The second kappa shape index (κ2) is 19.8. The summed E-state index contributed by atoms with van der Waals surface area (Å²) in [4.78, 5) is 65.3. The molecule has 0 aliphatic rings. The zero-order chi connectivity index (χ0) is 27.5. The van der Waals surface area contributed by atoms with E-state index in [0.717, 1.165) is 13.0 Å². The lowest BCUT2D eigenvalue weighted by Crippen LogP contribution is -2.49. The van der Waals surface area contributed by atoms with Crippen LogP contribution in [0.3, 0.4) is 0 Å². The van der Waals surface area contributed by atoms with E-state index in [9.17, 15) is 24.0 Å². The lowest BCUT2D eigenvalue weighted by Gasteiger charge is -2.29. The summed E-state index contributed by atoms with van der Waals surface area (Å²) in [7, 11) is 7.18. The Hall–Kier alpha value is -2.34. The molecule has 0 aliphatic carbocycles. The molecule has 0 bridgehead atoms. The van der Waals surface area contributed by atoms with Crippen LogP contribution in [0.4, 0.5) is 0 Å². The molecule has 1 unspecified atom stereocenters. The molecule has 36 heavy (non-hydrogen) atoms. The van der Waals surface area contributed by atoms with Gasteiger partial charge in [-0.1, -0.05) is 6.92 Å². The first-order valence-corrected chi connectivity index (χ1v) is 13.1. The van der Waals surface area contributed by atoms with Gasteiger partial charge in [0.05, 0.1) is 13.1 Å². The average Bonchev–Trinajstić information content (AvgIpc) is 2.86. The molecule has 0 fully saturated rings. The third-order valence-electron chi connectivity index (χ3n) is 5.80. The summed E-state index contributed by atoms with van der Waals surface area (Å²) < 4.78 is 0. The van der Waals surface area contributed by atoms with Crippen LogP contribution in [-0.4, -0.2) is 140 Å². The number of carbonyl (C=O) groups is 5. The van der Waals surface area contributed by atoms with E-state index in [2.05, 4.69) is 16.0 Å². The Morgan fingerprint density at radius 2 is 1.25 bits per heavy atom. The first kappa shape index (κ1) is 33.7. The largest absolute Gasteiger partial charge is 0.353 e. The number of Topliss-reactive ketones (excluding diaryl/α,β-unsaturated/α-hetero) is 1. The van der Waals surface area contributed by atoms with Crippen molar-refractivity contribution in [3.63, 3.8) is 0 Å². The molecule has 1 atom stereocenters. The molecular weight excluding hydrogens is 461 g/mol. The Morgan fingerprint density at radius 3 is 1.75 bits per heavy atom. The molecule has 0 aromatic carbocycles. The summed E-state index contributed by atoms with van der Waals surface area (Å²) in [6.07, 6.45) is 1.84. The molecule has 0 aromatic rings. The minimum Gasteiger partial charge on any atom is -0.353 e. The third kappa shape index (κ3) is 14.3. The van der Waals surface area contributed by atoms with Crippen molar-refractivity contribution in [3.05, 3.63) is 0 Å². The van der Waals surface area contributed by atoms with Crippen molar-refractivity contribution >= 4 is 53.0 Å². The molecule has 0 rings (SSSR count). The van der Waals surface area contributed by atoms with Crippen LogP contribution in [-0.2, 0) is 24.0 Å². The van der Waals surface area contributed by atoms with Crippen molar-refractivity contribution in [1.82, 2.24) is 30.7 Å². The first-order valence-electron chi connectivity index (χ1n) is 13.1. The smallest absolute Gasteiger partial charge is 0.239 e. The molecule has 3 N–H and O–H groups in total. The van der Waals surface area contributed by atoms with E-state index in [-0.39, 0.29) is 74.3 Å². The van der Waals surface area contributed by atoms with Crippen LogP contribution in [0.15, 0.2) is 0 Å². The van der Waals surface area contributed by atoms with Crippen LogP contribution in [0.1, 0.15) is 20.3 Å². The summed E-state index contributed by atoms with van der Waals surface area (Å²) in [5.74, 6) is -0.611. The SMILES string of the molecule is BCC(=O)N(CCNC(=O)CN(CCNC(CC)CN(CCNC)C(=O)CB)C(=O)CB)CC(C)=O. The Morgan fingerprint density at radius 1 is 0.750 bits per heavy atom. The highest BCUT2D eigenvalue weighted by Gasteiger charge is 2.19. The molecule has 0 spiro atoms. The van der Waals surface area contributed by atoms with Gasteiger partial charge >= 0.3 is 0 Å². The Balaban J connectivity index is 4.81. The molecule has 14 heteroatoms. The minimum absolute atomic E-state index is 0.0174. The average molecular weight is 506 g/mol. The molecule has 0 radical (unpaired) electrons. The van der Waals surface area contributed by atoms with Crippen LogP contribution in [0.5, 0.6) is 0 Å². The molecule has 0 heterocycles. The fraction of sp³-hybridized carbons (Fsp3) is 0.773.